The van der Waals surface area contributed by atoms with Gasteiger partial charge in [-0.05, 0) is 49.9 Å². The predicted molar refractivity (Wildman–Crippen MR) is 160 cm³/mol. The van der Waals surface area contributed by atoms with Crippen molar-refractivity contribution in [3.63, 3.8) is 0 Å². The number of Topliss-reactive ketones (excluding diaryl/α,β-unsaturated/α-hetero) is 1. The Morgan fingerprint density at radius 1 is 0.905 bits per heavy atom. The highest BCUT2D eigenvalue weighted by atomic mass is 16.5. The normalized spacial score (nSPS) is 19.0. The molecule has 0 radical (unpaired) electrons. The van der Waals surface area contributed by atoms with Crippen LogP contribution in [0, 0.1) is 18.8 Å². The Bertz CT molecular complexity index is 1670. The Labute approximate surface area is 244 Å². The zero-order valence-electron chi connectivity index (χ0n) is 23.7. The highest BCUT2D eigenvalue weighted by Crippen LogP contribution is 2.40. The molecule has 1 saturated heterocycles. The molecule has 1 saturated carbocycles. The van der Waals surface area contributed by atoms with Crippen LogP contribution < -0.4 is 4.90 Å². The number of nitrogens with zero attached hydrogens (tertiary/aromatic N) is 2. The first-order valence-corrected chi connectivity index (χ1v) is 14.6. The van der Waals surface area contributed by atoms with Gasteiger partial charge < -0.3 is 4.74 Å². The number of ether oxygens (including phenoxy) is 1. The van der Waals surface area contributed by atoms with Gasteiger partial charge in [0, 0.05) is 16.5 Å². The lowest BCUT2D eigenvalue weighted by molar-refractivity contribution is -0.122. The van der Waals surface area contributed by atoms with Crippen molar-refractivity contribution in [2.24, 2.45) is 11.8 Å². The fraction of sp³-hybridized carbons (Fsp3) is 0.286. The molecular formula is C35H32N2O5. The van der Waals surface area contributed by atoms with Gasteiger partial charge in [0.2, 0.25) is 17.6 Å². The van der Waals surface area contributed by atoms with Crippen LogP contribution in [0.5, 0.6) is 0 Å². The van der Waals surface area contributed by atoms with Crippen molar-refractivity contribution in [2.45, 2.75) is 52.1 Å². The minimum absolute atomic E-state index is 0.113. The van der Waals surface area contributed by atoms with Gasteiger partial charge in [0.15, 0.2) is 6.10 Å². The summed E-state index contributed by atoms with van der Waals surface area (Å²) in [6, 6.07) is 23.2. The predicted octanol–water partition coefficient (Wildman–Crippen LogP) is 6.71. The number of benzene rings is 3. The summed E-state index contributed by atoms with van der Waals surface area (Å²) in [4.78, 5) is 59.0. The number of para-hydroxylation sites is 1. The van der Waals surface area contributed by atoms with E-state index in [9.17, 15) is 19.2 Å². The molecule has 6 rings (SSSR count). The summed E-state index contributed by atoms with van der Waals surface area (Å²) in [6.07, 6.45) is 2.90. The summed E-state index contributed by atoms with van der Waals surface area (Å²) in [5.41, 5.74) is 4.17. The van der Waals surface area contributed by atoms with Gasteiger partial charge in [-0.25, -0.2) is 9.78 Å². The number of fused-ring (bicyclic) bond motifs is 2. The van der Waals surface area contributed by atoms with Crippen molar-refractivity contribution >= 4 is 40.2 Å². The van der Waals surface area contributed by atoms with Crippen LogP contribution in [0.25, 0.3) is 22.2 Å². The second kappa shape index (κ2) is 11.3. The van der Waals surface area contributed by atoms with Crippen LogP contribution in [0.2, 0.25) is 0 Å². The van der Waals surface area contributed by atoms with E-state index in [-0.39, 0.29) is 29.4 Å². The SMILES string of the molecule is CCC(OC(=O)c1cc(-c2ccc(N3C(=O)C4CCCCC4C3=O)cc2)nc2c(C)cccc12)C(=O)c1ccccc1. The highest BCUT2D eigenvalue weighted by molar-refractivity contribution is 6.22. The van der Waals surface area contributed by atoms with E-state index >= 15 is 0 Å². The molecule has 0 spiro atoms. The standard InChI is InChI=1S/C35H32N2O5/c1-3-30(32(38)23-11-5-4-6-12-23)42-35(41)28-20-29(36-31-21(2)10-9-15-25(28)31)22-16-18-24(19-17-22)37-33(39)26-13-7-8-14-27(26)34(37)40/h4-6,9-12,15-20,26-27,30H,3,7-8,13-14H2,1-2H3. The van der Waals surface area contributed by atoms with Gasteiger partial charge in [-0.2, -0.15) is 0 Å². The first-order chi connectivity index (χ1) is 20.4. The average molecular weight is 561 g/mol. The van der Waals surface area contributed by atoms with Crippen LogP contribution in [0.3, 0.4) is 0 Å². The number of anilines is 1. The molecule has 7 nitrogen and oxygen atoms in total. The number of esters is 1. The molecule has 3 unspecified atom stereocenters. The van der Waals surface area contributed by atoms with E-state index in [2.05, 4.69) is 0 Å². The number of pyridine rings is 1. The largest absolute Gasteiger partial charge is 0.450 e. The Kier molecular flexibility index (Phi) is 7.42. The third-order valence-electron chi connectivity index (χ3n) is 8.49. The topological polar surface area (TPSA) is 93.6 Å². The van der Waals surface area contributed by atoms with Gasteiger partial charge in [-0.1, -0.05) is 80.4 Å². The molecule has 1 aliphatic heterocycles. The molecule has 1 aromatic heterocycles. The van der Waals surface area contributed by atoms with E-state index in [0.717, 1.165) is 36.8 Å². The number of rotatable bonds is 7. The molecule has 7 heteroatoms. The van der Waals surface area contributed by atoms with Gasteiger partial charge in [-0.3, -0.25) is 19.3 Å². The van der Waals surface area contributed by atoms with Gasteiger partial charge in [-0.15, -0.1) is 0 Å². The third-order valence-corrected chi connectivity index (χ3v) is 8.49. The number of amides is 2. The van der Waals surface area contributed by atoms with Crippen LogP contribution >= 0.6 is 0 Å². The fourth-order valence-electron chi connectivity index (χ4n) is 6.21. The number of carbonyl (C=O) groups excluding carboxylic acids is 4. The average Bonchev–Trinajstić information content (AvgIpc) is 3.29. The van der Waals surface area contributed by atoms with Crippen LogP contribution in [-0.2, 0) is 14.3 Å². The quantitative estimate of drug-likeness (QED) is 0.142. The summed E-state index contributed by atoms with van der Waals surface area (Å²) < 4.78 is 5.80. The minimum atomic E-state index is -0.921. The molecule has 42 heavy (non-hydrogen) atoms. The maximum Gasteiger partial charge on any atom is 0.339 e. The number of aryl methyl sites for hydroxylation is 1. The molecule has 3 atom stereocenters. The monoisotopic (exact) mass is 560 g/mol. The molecule has 4 aromatic rings. The summed E-state index contributed by atoms with van der Waals surface area (Å²) in [7, 11) is 0. The number of carbonyl (C=O) groups is 4. The number of imide groups is 1. The lowest BCUT2D eigenvalue weighted by Crippen LogP contribution is -2.30. The highest BCUT2D eigenvalue weighted by Gasteiger charge is 2.48. The van der Waals surface area contributed by atoms with E-state index in [1.165, 1.54) is 4.90 Å². The van der Waals surface area contributed by atoms with E-state index in [4.69, 9.17) is 9.72 Å². The Balaban J connectivity index is 1.32. The lowest BCUT2D eigenvalue weighted by Gasteiger charge is -2.19. The fourth-order valence-corrected chi connectivity index (χ4v) is 6.21. The van der Waals surface area contributed by atoms with Gasteiger partial charge >= 0.3 is 5.97 Å². The molecule has 1 aliphatic carbocycles. The van der Waals surface area contributed by atoms with Crippen LogP contribution in [0.1, 0.15) is 65.3 Å². The molecule has 2 amide bonds. The second-order valence-electron chi connectivity index (χ2n) is 11.1. The molecule has 212 valence electrons. The lowest BCUT2D eigenvalue weighted by atomic mass is 9.81. The van der Waals surface area contributed by atoms with Gasteiger partial charge in [0.1, 0.15) is 0 Å². The van der Waals surface area contributed by atoms with E-state index in [0.29, 0.717) is 39.8 Å². The Morgan fingerprint density at radius 2 is 1.57 bits per heavy atom. The van der Waals surface area contributed by atoms with Gasteiger partial charge in [0.25, 0.3) is 0 Å². The summed E-state index contributed by atoms with van der Waals surface area (Å²) >= 11 is 0. The van der Waals surface area contributed by atoms with E-state index in [1.54, 1.807) is 42.5 Å². The zero-order valence-corrected chi connectivity index (χ0v) is 23.7. The molecule has 3 aromatic carbocycles. The first kappa shape index (κ1) is 27.5. The van der Waals surface area contributed by atoms with Crippen molar-refractivity contribution < 1.29 is 23.9 Å². The molecule has 0 bridgehead atoms. The molecule has 0 N–H and O–H groups in total. The van der Waals surface area contributed by atoms with Crippen molar-refractivity contribution in [1.29, 1.82) is 0 Å². The maximum atomic E-state index is 13.6. The Morgan fingerprint density at radius 3 is 2.21 bits per heavy atom. The smallest absolute Gasteiger partial charge is 0.339 e. The van der Waals surface area contributed by atoms with E-state index in [1.807, 2.05) is 50.2 Å². The van der Waals surface area contributed by atoms with Gasteiger partial charge in [0.05, 0.1) is 34.3 Å². The number of hydrogen-bond donors (Lipinski definition) is 0. The Hall–Kier alpha value is -4.65. The maximum absolute atomic E-state index is 13.6. The molecular weight excluding hydrogens is 528 g/mol. The zero-order chi connectivity index (χ0) is 29.4. The third kappa shape index (κ3) is 4.89. The second-order valence-corrected chi connectivity index (χ2v) is 11.1. The summed E-state index contributed by atoms with van der Waals surface area (Å²) in [6.45, 7) is 3.74. The molecule has 2 fully saturated rings. The number of aromatic nitrogens is 1. The van der Waals surface area contributed by atoms with Crippen molar-refractivity contribution in [2.75, 3.05) is 4.90 Å². The van der Waals surface area contributed by atoms with Crippen molar-refractivity contribution in [3.05, 3.63) is 95.6 Å². The number of ketones is 1. The minimum Gasteiger partial charge on any atom is -0.450 e. The summed E-state index contributed by atoms with van der Waals surface area (Å²) in [5, 5.41) is 0.637. The van der Waals surface area contributed by atoms with Crippen LogP contribution in [0.15, 0.2) is 78.9 Å². The molecule has 2 heterocycles. The first-order valence-electron chi connectivity index (χ1n) is 14.6. The summed E-state index contributed by atoms with van der Waals surface area (Å²) in [5.74, 6) is -1.51. The van der Waals surface area contributed by atoms with Crippen LogP contribution in [0.4, 0.5) is 5.69 Å². The number of hydrogen-bond acceptors (Lipinski definition) is 6. The van der Waals surface area contributed by atoms with Crippen LogP contribution in [-0.4, -0.2) is 34.7 Å². The molecule has 2 aliphatic rings. The van der Waals surface area contributed by atoms with Crippen molar-refractivity contribution in [1.82, 2.24) is 4.98 Å². The van der Waals surface area contributed by atoms with Crippen molar-refractivity contribution in [3.8, 4) is 11.3 Å². The van der Waals surface area contributed by atoms with E-state index < -0.39 is 12.1 Å².